The van der Waals surface area contributed by atoms with Gasteiger partial charge in [0.15, 0.2) is 18.2 Å². The molecular formula is C30H45N5O5. The first-order chi connectivity index (χ1) is 19.6. The largest absolute Gasteiger partial charge is 0.456 e. The van der Waals surface area contributed by atoms with Crippen LogP contribution in [-0.4, -0.2) is 81.1 Å². The van der Waals surface area contributed by atoms with Crippen molar-refractivity contribution in [3.8, 4) is 0 Å². The lowest BCUT2D eigenvalue weighted by molar-refractivity contribution is -0.147. The number of nitrogens with zero attached hydrogens (tertiary/aromatic N) is 4. The Hall–Kier alpha value is -2.98. The number of amides is 1. The second kappa shape index (κ2) is 16.3. The molecule has 0 unspecified atom stereocenters. The number of hydrogen-bond donors (Lipinski definition) is 1. The van der Waals surface area contributed by atoms with Crippen molar-refractivity contribution < 1.29 is 23.8 Å². The average Bonchev–Trinajstić information content (AvgIpc) is 2.99. The Morgan fingerprint density at radius 3 is 1.95 bits per heavy atom. The number of ether oxygens (including phenoxy) is 3. The van der Waals surface area contributed by atoms with Crippen LogP contribution in [0.1, 0.15) is 71.1 Å². The lowest BCUT2D eigenvalue weighted by Crippen LogP contribution is -2.41. The second-order valence-electron chi connectivity index (χ2n) is 10.6. The molecule has 0 atom stereocenters. The quantitative estimate of drug-likeness (QED) is 0.247. The number of aromatic nitrogens is 2. The first-order valence-corrected chi connectivity index (χ1v) is 15.1. The summed E-state index contributed by atoms with van der Waals surface area (Å²) in [5.74, 6) is 0.985. The molecule has 0 saturated carbocycles. The summed E-state index contributed by atoms with van der Waals surface area (Å²) in [6.45, 7) is 7.59. The van der Waals surface area contributed by atoms with Gasteiger partial charge in [0.25, 0.3) is 5.91 Å². The van der Waals surface area contributed by atoms with E-state index in [4.69, 9.17) is 24.2 Å². The average molecular weight is 556 g/mol. The molecule has 0 radical (unpaired) electrons. The third kappa shape index (κ3) is 9.30. The van der Waals surface area contributed by atoms with Crippen molar-refractivity contribution in [3.05, 3.63) is 18.2 Å². The molecule has 10 nitrogen and oxygen atoms in total. The van der Waals surface area contributed by atoms with Gasteiger partial charge in [0, 0.05) is 38.3 Å². The highest BCUT2D eigenvalue weighted by molar-refractivity contribution is 5.95. The van der Waals surface area contributed by atoms with Crippen LogP contribution in [0.2, 0.25) is 0 Å². The molecule has 4 rings (SSSR count). The van der Waals surface area contributed by atoms with Crippen LogP contribution in [0.15, 0.2) is 18.2 Å². The fraction of sp³-hybridized carbons (Fsp3) is 0.667. The Morgan fingerprint density at radius 2 is 1.35 bits per heavy atom. The van der Waals surface area contributed by atoms with Crippen LogP contribution in [0.4, 0.5) is 17.3 Å². The summed E-state index contributed by atoms with van der Waals surface area (Å²) in [4.78, 5) is 38.9. The lowest BCUT2D eigenvalue weighted by atomic mass is 10.1. The minimum atomic E-state index is -0.369. The van der Waals surface area contributed by atoms with E-state index in [1.165, 1.54) is 38.5 Å². The molecule has 0 spiro atoms. The predicted molar refractivity (Wildman–Crippen MR) is 157 cm³/mol. The highest BCUT2D eigenvalue weighted by Crippen LogP contribution is 2.30. The van der Waals surface area contributed by atoms with Crippen LogP contribution in [0.3, 0.4) is 0 Å². The number of anilines is 3. The van der Waals surface area contributed by atoms with Crippen molar-refractivity contribution >= 4 is 40.2 Å². The molecule has 10 heteroatoms. The molecule has 1 N–H and O–H groups in total. The van der Waals surface area contributed by atoms with Gasteiger partial charge in [-0.3, -0.25) is 9.59 Å². The maximum atomic E-state index is 12.5. The van der Waals surface area contributed by atoms with Crippen LogP contribution in [0.25, 0.3) is 11.0 Å². The third-order valence-corrected chi connectivity index (χ3v) is 7.38. The fourth-order valence-corrected chi connectivity index (χ4v) is 5.08. The van der Waals surface area contributed by atoms with Crippen LogP contribution in [-0.2, 0) is 23.8 Å². The zero-order valence-corrected chi connectivity index (χ0v) is 24.0. The van der Waals surface area contributed by atoms with E-state index >= 15 is 0 Å². The molecule has 0 bridgehead atoms. The number of carbonyl (C=O) groups excluding carboxylic acids is 2. The number of fused-ring (bicyclic) bond motifs is 1. The molecule has 3 heterocycles. The number of hydrogen-bond acceptors (Lipinski definition) is 9. The molecule has 2 aliphatic rings. The fourth-order valence-electron chi connectivity index (χ4n) is 5.08. The summed E-state index contributed by atoms with van der Waals surface area (Å²) in [6.07, 6.45) is 11.0. The SMILES string of the molecule is CCCCCCCCCCCC(=O)OCC(=O)Nc1ccc2nc(N3CCOCC3)c(N3CCOCC3)nc2c1. The smallest absolute Gasteiger partial charge is 0.306 e. The first kappa shape index (κ1) is 30.0. The highest BCUT2D eigenvalue weighted by Gasteiger charge is 2.24. The zero-order chi connectivity index (χ0) is 28.0. The summed E-state index contributed by atoms with van der Waals surface area (Å²) < 4.78 is 16.3. The molecule has 40 heavy (non-hydrogen) atoms. The van der Waals surface area contributed by atoms with Gasteiger partial charge in [0.2, 0.25) is 0 Å². The number of benzene rings is 1. The predicted octanol–water partition coefficient (Wildman–Crippen LogP) is 4.71. The van der Waals surface area contributed by atoms with Gasteiger partial charge in [-0.25, -0.2) is 9.97 Å². The van der Waals surface area contributed by atoms with Crippen molar-refractivity contribution in [2.75, 3.05) is 74.3 Å². The van der Waals surface area contributed by atoms with E-state index in [0.29, 0.717) is 44.1 Å². The zero-order valence-electron chi connectivity index (χ0n) is 24.0. The maximum absolute atomic E-state index is 12.5. The Bertz CT molecular complexity index is 1090. The van der Waals surface area contributed by atoms with E-state index in [1.807, 2.05) is 12.1 Å². The van der Waals surface area contributed by atoms with Crippen molar-refractivity contribution in [1.29, 1.82) is 0 Å². The second-order valence-corrected chi connectivity index (χ2v) is 10.6. The Morgan fingerprint density at radius 1 is 0.800 bits per heavy atom. The summed E-state index contributed by atoms with van der Waals surface area (Å²) in [5.41, 5.74) is 2.04. The van der Waals surface area contributed by atoms with Crippen LogP contribution >= 0.6 is 0 Å². The van der Waals surface area contributed by atoms with Crippen molar-refractivity contribution in [2.45, 2.75) is 71.1 Å². The van der Waals surface area contributed by atoms with Crippen molar-refractivity contribution in [1.82, 2.24) is 9.97 Å². The molecule has 2 aliphatic heterocycles. The summed E-state index contributed by atoms with van der Waals surface area (Å²) >= 11 is 0. The van der Waals surface area contributed by atoms with E-state index in [1.54, 1.807) is 6.07 Å². The molecule has 1 aromatic carbocycles. The van der Waals surface area contributed by atoms with E-state index in [2.05, 4.69) is 22.0 Å². The molecule has 2 aromatic rings. The minimum Gasteiger partial charge on any atom is -0.456 e. The number of morpholine rings is 2. The van der Waals surface area contributed by atoms with E-state index in [0.717, 1.165) is 62.6 Å². The van der Waals surface area contributed by atoms with Crippen molar-refractivity contribution in [2.24, 2.45) is 0 Å². The van der Waals surface area contributed by atoms with Gasteiger partial charge < -0.3 is 29.3 Å². The van der Waals surface area contributed by atoms with Gasteiger partial charge in [-0.2, -0.15) is 0 Å². The Labute approximate surface area is 237 Å². The number of nitrogens with one attached hydrogen (secondary N) is 1. The molecular weight excluding hydrogens is 510 g/mol. The minimum absolute atomic E-state index is 0.297. The summed E-state index contributed by atoms with van der Waals surface area (Å²) in [6, 6.07) is 5.48. The van der Waals surface area contributed by atoms with Gasteiger partial charge in [0.1, 0.15) is 0 Å². The van der Waals surface area contributed by atoms with Crippen LogP contribution in [0.5, 0.6) is 0 Å². The van der Waals surface area contributed by atoms with E-state index in [9.17, 15) is 9.59 Å². The standard InChI is InChI=1S/C30H45N5O5/c1-2-3-4-5-6-7-8-9-10-11-28(37)40-23-27(36)31-24-12-13-25-26(22-24)33-30(35-16-20-39-21-17-35)29(32-25)34-14-18-38-19-15-34/h12-13,22H,2-11,14-21,23H2,1H3,(H,31,36). The lowest BCUT2D eigenvalue weighted by Gasteiger charge is -2.34. The number of unbranched alkanes of at least 4 members (excludes halogenated alkanes) is 8. The van der Waals surface area contributed by atoms with Gasteiger partial charge >= 0.3 is 5.97 Å². The molecule has 1 aromatic heterocycles. The maximum Gasteiger partial charge on any atom is 0.306 e. The Kier molecular flexibility index (Phi) is 12.2. The number of carbonyl (C=O) groups is 2. The molecule has 2 saturated heterocycles. The normalized spacial score (nSPS) is 15.8. The van der Waals surface area contributed by atoms with Crippen LogP contribution < -0.4 is 15.1 Å². The van der Waals surface area contributed by atoms with Gasteiger partial charge in [-0.1, -0.05) is 58.3 Å². The summed E-state index contributed by atoms with van der Waals surface area (Å²) in [7, 11) is 0. The van der Waals surface area contributed by atoms with Gasteiger partial charge in [-0.15, -0.1) is 0 Å². The molecule has 220 valence electrons. The third-order valence-electron chi connectivity index (χ3n) is 7.38. The first-order valence-electron chi connectivity index (χ1n) is 15.1. The van der Waals surface area contributed by atoms with E-state index in [-0.39, 0.29) is 18.5 Å². The molecule has 0 aliphatic carbocycles. The highest BCUT2D eigenvalue weighted by atomic mass is 16.5. The van der Waals surface area contributed by atoms with Crippen molar-refractivity contribution in [3.63, 3.8) is 0 Å². The number of rotatable bonds is 15. The monoisotopic (exact) mass is 555 g/mol. The van der Waals surface area contributed by atoms with Gasteiger partial charge in [-0.05, 0) is 24.6 Å². The summed E-state index contributed by atoms with van der Waals surface area (Å²) in [5, 5.41) is 2.83. The Balaban J connectivity index is 1.27. The number of esters is 1. The van der Waals surface area contributed by atoms with Crippen LogP contribution in [0, 0.1) is 0 Å². The topological polar surface area (TPSA) is 106 Å². The van der Waals surface area contributed by atoms with Gasteiger partial charge in [0.05, 0.1) is 37.5 Å². The molecule has 1 amide bonds. The van der Waals surface area contributed by atoms with E-state index < -0.39 is 0 Å². The molecule has 2 fully saturated rings.